The number of aromatic nitrogens is 1. The van der Waals surface area contributed by atoms with E-state index in [1.54, 1.807) is 18.2 Å². The number of benzene rings is 2. The van der Waals surface area contributed by atoms with E-state index in [4.69, 9.17) is 27.6 Å². The van der Waals surface area contributed by atoms with Gasteiger partial charge in [-0.3, -0.25) is 4.79 Å². The van der Waals surface area contributed by atoms with Crippen LogP contribution in [0.3, 0.4) is 0 Å². The summed E-state index contributed by atoms with van der Waals surface area (Å²) in [7, 11) is 0. The van der Waals surface area contributed by atoms with Gasteiger partial charge in [-0.05, 0) is 50.1 Å². The largest absolute Gasteiger partial charge is 0.444 e. The average molecular weight is 375 g/mol. The van der Waals surface area contributed by atoms with E-state index in [-0.39, 0.29) is 11.6 Å². The van der Waals surface area contributed by atoms with Gasteiger partial charge in [0.25, 0.3) is 5.91 Å². The Morgan fingerprint density at radius 2 is 1.72 bits per heavy atom. The van der Waals surface area contributed by atoms with Gasteiger partial charge in [-0.25, -0.2) is 4.98 Å². The highest BCUT2D eigenvalue weighted by Gasteiger charge is 2.16. The first-order chi connectivity index (χ1) is 11.8. The Kier molecular flexibility index (Phi) is 4.84. The molecule has 1 aromatic heterocycles. The Hall–Kier alpha value is -2.30. The summed E-state index contributed by atoms with van der Waals surface area (Å²) in [5.74, 6) is -0.0221. The van der Waals surface area contributed by atoms with E-state index < -0.39 is 0 Å². The van der Waals surface area contributed by atoms with Crippen LogP contribution in [0.5, 0.6) is 0 Å². The van der Waals surface area contributed by atoms with Crippen LogP contribution in [0.1, 0.15) is 27.2 Å². The molecular weight excluding hydrogens is 359 g/mol. The third-order valence-electron chi connectivity index (χ3n) is 3.82. The summed E-state index contributed by atoms with van der Waals surface area (Å²) in [5.41, 5.74) is 4.78. The summed E-state index contributed by atoms with van der Waals surface area (Å²) in [6.45, 7) is 5.94. The highest BCUT2D eigenvalue weighted by Crippen LogP contribution is 2.28. The Labute approximate surface area is 155 Å². The zero-order chi connectivity index (χ0) is 18.1. The highest BCUT2D eigenvalue weighted by molar-refractivity contribution is 6.42. The molecule has 0 aliphatic rings. The molecule has 0 fully saturated rings. The average Bonchev–Trinajstić information content (AvgIpc) is 3.03. The van der Waals surface area contributed by atoms with Crippen molar-refractivity contribution in [2.75, 3.05) is 5.32 Å². The molecule has 0 saturated heterocycles. The van der Waals surface area contributed by atoms with Crippen molar-refractivity contribution >= 4 is 34.8 Å². The number of amides is 1. The fourth-order valence-corrected chi connectivity index (χ4v) is 2.99. The van der Waals surface area contributed by atoms with E-state index in [1.165, 1.54) is 6.26 Å². The molecule has 2 aromatic carbocycles. The first-order valence-electron chi connectivity index (χ1n) is 7.65. The summed E-state index contributed by atoms with van der Waals surface area (Å²) in [6, 6.07) is 9.07. The molecule has 4 nitrogen and oxygen atoms in total. The van der Waals surface area contributed by atoms with E-state index in [2.05, 4.69) is 10.3 Å². The number of nitrogens with zero attached hydrogens (tertiary/aromatic N) is 1. The standard InChI is InChI=1S/C19H16Cl2N2O2/c1-10-6-11(2)17(12(3)7-10)23-18(24)16-9-25-19(22-16)13-4-5-14(20)15(21)8-13/h4-9H,1-3H3,(H,23,24). The SMILES string of the molecule is Cc1cc(C)c(NC(=O)c2coc(-c3ccc(Cl)c(Cl)c3)n2)c(C)c1. The molecule has 25 heavy (non-hydrogen) atoms. The maximum absolute atomic E-state index is 12.5. The minimum atomic E-state index is -0.329. The maximum atomic E-state index is 12.5. The fraction of sp³-hybridized carbons (Fsp3) is 0.158. The van der Waals surface area contributed by atoms with E-state index >= 15 is 0 Å². The summed E-state index contributed by atoms with van der Waals surface area (Å²) < 4.78 is 5.41. The number of hydrogen-bond donors (Lipinski definition) is 1. The molecule has 0 aliphatic heterocycles. The number of anilines is 1. The van der Waals surface area contributed by atoms with Gasteiger partial charge in [-0.2, -0.15) is 0 Å². The zero-order valence-corrected chi connectivity index (χ0v) is 15.5. The number of aryl methyl sites for hydroxylation is 3. The molecule has 0 atom stereocenters. The summed E-state index contributed by atoms with van der Waals surface area (Å²) in [4.78, 5) is 16.7. The van der Waals surface area contributed by atoms with E-state index in [9.17, 15) is 4.79 Å². The predicted octanol–water partition coefficient (Wildman–Crippen LogP) is 5.83. The number of oxazole rings is 1. The lowest BCUT2D eigenvalue weighted by atomic mass is 10.1. The lowest BCUT2D eigenvalue weighted by Gasteiger charge is -2.11. The number of nitrogens with one attached hydrogen (secondary N) is 1. The molecular formula is C19H16Cl2N2O2. The molecule has 0 aliphatic carbocycles. The number of carbonyl (C=O) groups excluding carboxylic acids is 1. The van der Waals surface area contributed by atoms with Gasteiger partial charge in [-0.15, -0.1) is 0 Å². The maximum Gasteiger partial charge on any atom is 0.277 e. The molecule has 6 heteroatoms. The van der Waals surface area contributed by atoms with Crippen LogP contribution in [-0.2, 0) is 0 Å². The van der Waals surface area contributed by atoms with Gasteiger partial charge in [-0.1, -0.05) is 40.9 Å². The smallest absolute Gasteiger partial charge is 0.277 e. The topological polar surface area (TPSA) is 55.1 Å². The van der Waals surface area contributed by atoms with Gasteiger partial charge in [0.1, 0.15) is 6.26 Å². The Morgan fingerprint density at radius 1 is 1.04 bits per heavy atom. The van der Waals surface area contributed by atoms with E-state index in [1.807, 2.05) is 32.9 Å². The van der Waals surface area contributed by atoms with Crippen LogP contribution in [0.15, 0.2) is 41.0 Å². The van der Waals surface area contributed by atoms with Crippen molar-refractivity contribution in [3.8, 4) is 11.5 Å². The van der Waals surface area contributed by atoms with Crippen LogP contribution < -0.4 is 5.32 Å². The van der Waals surface area contributed by atoms with Gasteiger partial charge in [0.2, 0.25) is 5.89 Å². The van der Waals surface area contributed by atoms with Crippen molar-refractivity contribution in [1.82, 2.24) is 4.98 Å². The van der Waals surface area contributed by atoms with Crippen LogP contribution in [0.25, 0.3) is 11.5 Å². The highest BCUT2D eigenvalue weighted by atomic mass is 35.5. The quantitative estimate of drug-likeness (QED) is 0.627. The lowest BCUT2D eigenvalue weighted by molar-refractivity contribution is 0.102. The van der Waals surface area contributed by atoms with Crippen molar-refractivity contribution in [3.63, 3.8) is 0 Å². The second-order valence-electron chi connectivity index (χ2n) is 5.89. The van der Waals surface area contributed by atoms with Crippen LogP contribution in [0, 0.1) is 20.8 Å². The molecule has 0 bridgehead atoms. The number of rotatable bonds is 3. The van der Waals surface area contributed by atoms with Crippen molar-refractivity contribution in [2.45, 2.75) is 20.8 Å². The third-order valence-corrected chi connectivity index (χ3v) is 4.56. The van der Waals surface area contributed by atoms with Crippen molar-refractivity contribution < 1.29 is 9.21 Å². The predicted molar refractivity (Wildman–Crippen MR) is 101 cm³/mol. The first kappa shape index (κ1) is 17.5. The molecule has 0 saturated carbocycles. The van der Waals surface area contributed by atoms with Gasteiger partial charge in [0, 0.05) is 11.3 Å². The second kappa shape index (κ2) is 6.90. The molecule has 0 unspecified atom stereocenters. The van der Waals surface area contributed by atoms with Crippen molar-refractivity contribution in [2.24, 2.45) is 0 Å². The zero-order valence-electron chi connectivity index (χ0n) is 14.0. The fourth-order valence-electron chi connectivity index (χ4n) is 2.69. The van der Waals surface area contributed by atoms with Crippen molar-refractivity contribution in [3.05, 3.63) is 69.0 Å². The number of hydrogen-bond acceptors (Lipinski definition) is 3. The lowest BCUT2D eigenvalue weighted by Crippen LogP contribution is -2.14. The summed E-state index contributed by atoms with van der Waals surface area (Å²) in [5, 5.41) is 3.74. The summed E-state index contributed by atoms with van der Waals surface area (Å²) in [6.07, 6.45) is 1.33. The molecule has 0 spiro atoms. The van der Waals surface area contributed by atoms with Crippen LogP contribution in [-0.4, -0.2) is 10.9 Å². The minimum absolute atomic E-state index is 0.195. The van der Waals surface area contributed by atoms with E-state index in [0.717, 1.165) is 22.4 Å². The molecule has 1 N–H and O–H groups in total. The summed E-state index contributed by atoms with van der Waals surface area (Å²) >= 11 is 11.9. The van der Waals surface area contributed by atoms with Gasteiger partial charge < -0.3 is 9.73 Å². The second-order valence-corrected chi connectivity index (χ2v) is 6.71. The van der Waals surface area contributed by atoms with Gasteiger partial charge in [0.05, 0.1) is 10.0 Å². The molecule has 1 heterocycles. The van der Waals surface area contributed by atoms with Gasteiger partial charge >= 0.3 is 0 Å². The van der Waals surface area contributed by atoms with Crippen molar-refractivity contribution in [1.29, 1.82) is 0 Å². The Morgan fingerprint density at radius 3 is 2.36 bits per heavy atom. The minimum Gasteiger partial charge on any atom is -0.444 e. The van der Waals surface area contributed by atoms with E-state index in [0.29, 0.717) is 21.5 Å². The molecule has 128 valence electrons. The number of halogens is 2. The molecule has 0 radical (unpaired) electrons. The Balaban J connectivity index is 1.85. The molecule has 3 rings (SSSR count). The van der Waals surface area contributed by atoms with Gasteiger partial charge in [0.15, 0.2) is 5.69 Å². The number of carbonyl (C=O) groups is 1. The van der Waals surface area contributed by atoms with Crippen LogP contribution in [0.2, 0.25) is 10.0 Å². The third kappa shape index (κ3) is 3.70. The monoisotopic (exact) mass is 374 g/mol. The Bertz CT molecular complexity index is 941. The molecule has 1 amide bonds. The first-order valence-corrected chi connectivity index (χ1v) is 8.41. The van der Waals surface area contributed by atoms with Crippen LogP contribution >= 0.6 is 23.2 Å². The molecule has 3 aromatic rings. The normalized spacial score (nSPS) is 10.8. The van der Waals surface area contributed by atoms with Crippen LogP contribution in [0.4, 0.5) is 5.69 Å².